The molecule has 0 bridgehead atoms. The average Bonchev–Trinajstić information content (AvgIpc) is 3.11. The Morgan fingerprint density at radius 1 is 1.19 bits per heavy atom. The number of pyridine rings is 1. The zero-order valence-electron chi connectivity index (χ0n) is 16.5. The fourth-order valence-corrected chi connectivity index (χ4v) is 4.17. The van der Waals surface area contributed by atoms with Crippen molar-refractivity contribution in [3.05, 3.63) is 58.9 Å². The number of esters is 1. The maximum Gasteiger partial charge on any atom is 0.355 e. The maximum atomic E-state index is 12.4. The number of carbonyl (C=O) groups excluding carboxylic acids is 1. The first kappa shape index (κ1) is 17.5. The Morgan fingerprint density at radius 2 is 1.89 bits per heavy atom. The van der Waals surface area contributed by atoms with Gasteiger partial charge in [-0.05, 0) is 45.4 Å². The Balaban J connectivity index is 2.11. The number of benzene rings is 1. The Morgan fingerprint density at radius 3 is 2.56 bits per heavy atom. The number of hydrogen-bond donors (Lipinski definition) is 1. The first-order valence-corrected chi connectivity index (χ1v) is 9.46. The van der Waals surface area contributed by atoms with Crippen molar-refractivity contribution in [1.29, 1.82) is 0 Å². The first-order valence-electron chi connectivity index (χ1n) is 9.46. The molecule has 4 rings (SSSR count). The number of nitrogens with zero attached hydrogens (tertiary/aromatic N) is 1. The van der Waals surface area contributed by atoms with Crippen LogP contribution >= 0.6 is 0 Å². The van der Waals surface area contributed by atoms with Crippen molar-refractivity contribution < 1.29 is 14.1 Å². The van der Waals surface area contributed by atoms with Gasteiger partial charge in [-0.25, -0.2) is 4.79 Å². The lowest BCUT2D eigenvalue weighted by atomic mass is 10.0. The van der Waals surface area contributed by atoms with E-state index >= 15 is 0 Å². The number of allylic oxidation sites excluding steroid dienone is 2. The normalized spacial score (nSPS) is 16.1. The molecule has 27 heavy (non-hydrogen) atoms. The van der Waals surface area contributed by atoms with Crippen molar-refractivity contribution in [1.82, 2.24) is 4.98 Å². The minimum Gasteiger partial charge on any atom is -0.461 e. The molecule has 0 radical (unpaired) electrons. The second kappa shape index (κ2) is 6.38. The summed E-state index contributed by atoms with van der Waals surface area (Å²) in [7, 11) is 0. The fourth-order valence-electron chi connectivity index (χ4n) is 4.17. The number of aromatic amines is 1. The number of ether oxygens (including phenoxy) is 1. The minimum atomic E-state index is -0.299. The van der Waals surface area contributed by atoms with Gasteiger partial charge in [-0.3, -0.25) is 0 Å². The molecule has 2 aromatic heterocycles. The van der Waals surface area contributed by atoms with E-state index in [1.807, 2.05) is 19.9 Å². The minimum absolute atomic E-state index is 0.278. The molecule has 1 aliphatic heterocycles. The van der Waals surface area contributed by atoms with Gasteiger partial charge < -0.3 is 9.72 Å². The Labute approximate surface area is 159 Å². The van der Waals surface area contributed by atoms with Gasteiger partial charge in [-0.15, -0.1) is 0 Å². The molecule has 138 valence electrons. The molecule has 1 unspecified atom stereocenters. The van der Waals surface area contributed by atoms with Crippen molar-refractivity contribution in [2.75, 3.05) is 6.61 Å². The van der Waals surface area contributed by atoms with Gasteiger partial charge in [0.2, 0.25) is 11.4 Å². The standard InChI is InChI=1S/C23H24N2O2/c1-6-27-23(26)21-15(4)20-18(24-21)12-19-14(3)13(2)16(5)25(19)22(20)17-10-8-7-9-11-17/h7-12,16H,6H2,1-5H3/p+1. The highest BCUT2D eigenvalue weighted by Crippen LogP contribution is 2.38. The Kier molecular flexibility index (Phi) is 4.14. The van der Waals surface area contributed by atoms with E-state index in [0.29, 0.717) is 12.3 Å². The van der Waals surface area contributed by atoms with Crippen molar-refractivity contribution in [2.45, 2.75) is 40.7 Å². The van der Waals surface area contributed by atoms with Gasteiger partial charge in [-0.2, -0.15) is 4.57 Å². The molecule has 3 aromatic rings. The number of H-pyrrole nitrogens is 1. The predicted molar refractivity (Wildman–Crippen MR) is 108 cm³/mol. The molecule has 0 saturated heterocycles. The van der Waals surface area contributed by atoms with E-state index in [-0.39, 0.29) is 12.0 Å². The second-order valence-electron chi connectivity index (χ2n) is 7.23. The average molecular weight is 361 g/mol. The summed E-state index contributed by atoms with van der Waals surface area (Å²) in [5, 5.41) is 1.09. The van der Waals surface area contributed by atoms with Gasteiger partial charge in [0.25, 0.3) is 0 Å². The molecule has 4 heteroatoms. The second-order valence-corrected chi connectivity index (χ2v) is 7.23. The molecule has 1 aliphatic rings. The van der Waals surface area contributed by atoms with Crippen LogP contribution in [0.15, 0.2) is 42.0 Å². The molecular weight excluding hydrogens is 336 g/mol. The van der Waals surface area contributed by atoms with Crippen LogP contribution in [0.2, 0.25) is 0 Å². The van der Waals surface area contributed by atoms with E-state index in [1.54, 1.807) is 0 Å². The zero-order valence-corrected chi connectivity index (χ0v) is 16.5. The summed E-state index contributed by atoms with van der Waals surface area (Å²) in [4.78, 5) is 15.8. The Hall–Kier alpha value is -2.88. The van der Waals surface area contributed by atoms with Gasteiger partial charge in [0.15, 0.2) is 6.04 Å². The van der Waals surface area contributed by atoms with Crippen LogP contribution < -0.4 is 4.57 Å². The van der Waals surface area contributed by atoms with E-state index in [4.69, 9.17) is 4.74 Å². The van der Waals surface area contributed by atoms with Gasteiger partial charge in [-0.1, -0.05) is 18.2 Å². The van der Waals surface area contributed by atoms with Crippen molar-refractivity contribution in [2.24, 2.45) is 0 Å². The zero-order chi connectivity index (χ0) is 19.3. The maximum absolute atomic E-state index is 12.4. The highest BCUT2D eigenvalue weighted by molar-refractivity contribution is 6.03. The van der Waals surface area contributed by atoms with E-state index < -0.39 is 0 Å². The summed E-state index contributed by atoms with van der Waals surface area (Å²) in [6, 6.07) is 12.9. The summed E-state index contributed by atoms with van der Waals surface area (Å²) in [5.74, 6) is -0.299. The number of carbonyl (C=O) groups is 1. The largest absolute Gasteiger partial charge is 0.461 e. The summed E-state index contributed by atoms with van der Waals surface area (Å²) >= 11 is 0. The van der Waals surface area contributed by atoms with Crippen LogP contribution in [0.4, 0.5) is 0 Å². The van der Waals surface area contributed by atoms with Crippen molar-refractivity contribution in [3.63, 3.8) is 0 Å². The van der Waals surface area contributed by atoms with Gasteiger partial charge >= 0.3 is 5.97 Å². The number of aryl methyl sites for hydroxylation is 1. The topological polar surface area (TPSA) is 46.0 Å². The smallest absolute Gasteiger partial charge is 0.355 e. The van der Waals surface area contributed by atoms with Crippen molar-refractivity contribution >= 4 is 22.4 Å². The van der Waals surface area contributed by atoms with Crippen LogP contribution in [-0.4, -0.2) is 17.6 Å². The molecule has 1 atom stereocenters. The lowest BCUT2D eigenvalue weighted by Gasteiger charge is -2.10. The molecule has 4 nitrogen and oxygen atoms in total. The Bertz CT molecular complexity index is 1090. The molecule has 0 amide bonds. The van der Waals surface area contributed by atoms with E-state index in [1.165, 1.54) is 16.8 Å². The number of nitrogens with one attached hydrogen (secondary N) is 1. The van der Waals surface area contributed by atoms with E-state index in [2.05, 4.69) is 60.7 Å². The van der Waals surface area contributed by atoms with E-state index in [0.717, 1.165) is 27.7 Å². The van der Waals surface area contributed by atoms with Crippen LogP contribution in [0.3, 0.4) is 0 Å². The molecule has 0 spiro atoms. The summed E-state index contributed by atoms with van der Waals surface area (Å²) in [6.07, 6.45) is 0. The van der Waals surface area contributed by atoms with Gasteiger partial charge in [0.05, 0.1) is 17.5 Å². The number of rotatable bonds is 3. The van der Waals surface area contributed by atoms with Crippen molar-refractivity contribution in [3.8, 4) is 11.3 Å². The number of aromatic nitrogens is 2. The summed E-state index contributed by atoms with van der Waals surface area (Å²) in [6.45, 7) is 10.8. The molecule has 0 saturated carbocycles. The number of fused-ring (bicyclic) bond motifs is 2. The SMILES string of the molecule is CCOC(=O)c1[nH]c2cc3[n+](c(-c4ccccc4)c2c1C)C(C)C(C)=C3C. The van der Waals surface area contributed by atoms with Crippen LogP contribution in [0, 0.1) is 6.92 Å². The molecule has 0 fully saturated rings. The van der Waals surface area contributed by atoms with Crippen LogP contribution in [0.25, 0.3) is 27.7 Å². The summed E-state index contributed by atoms with van der Waals surface area (Å²) in [5.41, 5.74) is 8.62. The molecular formula is C23H25N2O2+. The van der Waals surface area contributed by atoms with E-state index in [9.17, 15) is 4.79 Å². The molecule has 1 N–H and O–H groups in total. The lowest BCUT2D eigenvalue weighted by molar-refractivity contribution is -0.696. The van der Waals surface area contributed by atoms with Crippen LogP contribution in [0.1, 0.15) is 55.5 Å². The molecule has 0 aliphatic carbocycles. The highest BCUT2D eigenvalue weighted by Gasteiger charge is 2.37. The third-order valence-corrected chi connectivity index (χ3v) is 5.81. The third kappa shape index (κ3) is 2.51. The first-order chi connectivity index (χ1) is 13.0. The van der Waals surface area contributed by atoms with Crippen LogP contribution in [0.5, 0.6) is 0 Å². The predicted octanol–water partition coefficient (Wildman–Crippen LogP) is 4.98. The lowest BCUT2D eigenvalue weighted by Crippen LogP contribution is -2.40. The quantitative estimate of drug-likeness (QED) is 0.528. The van der Waals surface area contributed by atoms with Crippen LogP contribution in [-0.2, 0) is 4.74 Å². The fraction of sp³-hybridized carbons (Fsp3) is 0.304. The summed E-state index contributed by atoms with van der Waals surface area (Å²) < 4.78 is 7.66. The third-order valence-electron chi connectivity index (χ3n) is 5.81. The molecule has 1 aromatic carbocycles. The van der Waals surface area contributed by atoms with Gasteiger partial charge in [0.1, 0.15) is 5.69 Å². The highest BCUT2D eigenvalue weighted by atomic mass is 16.5. The molecule has 3 heterocycles. The number of hydrogen-bond acceptors (Lipinski definition) is 2. The monoisotopic (exact) mass is 361 g/mol. The van der Waals surface area contributed by atoms with Gasteiger partial charge in [0, 0.05) is 29.7 Å².